The van der Waals surface area contributed by atoms with Crippen molar-refractivity contribution in [2.24, 2.45) is 0 Å². The standard InChI is InChI=1S/C13H11N5O2/c19-12(20)10-4-6-15-13(18-10)16-7-9-2-1-8-3-5-14-11(8)17-9/h1-6H,7H2,(H,14,17)(H,19,20)(H,15,16,18). The van der Waals surface area contributed by atoms with Crippen LogP contribution in [0.3, 0.4) is 0 Å². The van der Waals surface area contributed by atoms with Crippen LogP contribution in [-0.4, -0.2) is 31.0 Å². The Morgan fingerprint density at radius 2 is 2.15 bits per heavy atom. The van der Waals surface area contributed by atoms with Crippen molar-refractivity contribution < 1.29 is 9.90 Å². The third-order valence-electron chi connectivity index (χ3n) is 2.77. The summed E-state index contributed by atoms with van der Waals surface area (Å²) in [7, 11) is 0. The minimum Gasteiger partial charge on any atom is -0.477 e. The molecule has 0 spiro atoms. The van der Waals surface area contributed by atoms with Crippen LogP contribution in [0.5, 0.6) is 0 Å². The molecule has 20 heavy (non-hydrogen) atoms. The molecular weight excluding hydrogens is 258 g/mol. The Hall–Kier alpha value is -2.96. The van der Waals surface area contributed by atoms with Gasteiger partial charge in [0.05, 0.1) is 12.2 Å². The maximum absolute atomic E-state index is 10.8. The average molecular weight is 269 g/mol. The molecule has 0 aliphatic rings. The molecule has 3 rings (SSSR count). The van der Waals surface area contributed by atoms with E-state index in [4.69, 9.17) is 5.11 Å². The van der Waals surface area contributed by atoms with Gasteiger partial charge < -0.3 is 15.4 Å². The summed E-state index contributed by atoms with van der Waals surface area (Å²) in [6.07, 6.45) is 3.23. The Balaban J connectivity index is 1.75. The molecule has 7 heteroatoms. The lowest BCUT2D eigenvalue weighted by Crippen LogP contribution is -2.08. The summed E-state index contributed by atoms with van der Waals surface area (Å²) < 4.78 is 0. The highest BCUT2D eigenvalue weighted by atomic mass is 16.4. The van der Waals surface area contributed by atoms with E-state index in [1.807, 2.05) is 24.4 Å². The number of carbonyl (C=O) groups is 1. The van der Waals surface area contributed by atoms with Gasteiger partial charge in [-0.15, -0.1) is 0 Å². The maximum atomic E-state index is 10.8. The number of H-pyrrole nitrogens is 1. The molecule has 0 saturated carbocycles. The van der Waals surface area contributed by atoms with Gasteiger partial charge in [-0.3, -0.25) is 0 Å². The summed E-state index contributed by atoms with van der Waals surface area (Å²) in [5.41, 5.74) is 1.57. The van der Waals surface area contributed by atoms with Crippen molar-refractivity contribution in [3.05, 3.63) is 48.0 Å². The summed E-state index contributed by atoms with van der Waals surface area (Å²) in [6, 6.07) is 7.14. The molecule has 3 N–H and O–H groups in total. The molecule has 3 heterocycles. The number of carboxylic acid groups (broad SMARTS) is 1. The van der Waals surface area contributed by atoms with Crippen LogP contribution < -0.4 is 5.32 Å². The fourth-order valence-corrected chi connectivity index (χ4v) is 1.80. The first-order valence-electron chi connectivity index (χ1n) is 5.95. The molecular formula is C13H11N5O2. The predicted octanol–water partition coefficient (Wildman–Crippen LogP) is 1.66. The number of fused-ring (bicyclic) bond motifs is 1. The van der Waals surface area contributed by atoms with Crippen molar-refractivity contribution in [1.29, 1.82) is 0 Å². The maximum Gasteiger partial charge on any atom is 0.354 e. The molecule has 0 unspecified atom stereocenters. The van der Waals surface area contributed by atoms with Crippen LogP contribution in [0.4, 0.5) is 5.95 Å². The number of carboxylic acids is 1. The van der Waals surface area contributed by atoms with E-state index in [1.165, 1.54) is 12.3 Å². The van der Waals surface area contributed by atoms with Gasteiger partial charge in [-0.1, -0.05) is 0 Å². The molecule has 3 aromatic heterocycles. The van der Waals surface area contributed by atoms with E-state index in [2.05, 4.69) is 25.3 Å². The molecule has 0 fully saturated rings. The second-order valence-corrected chi connectivity index (χ2v) is 4.14. The van der Waals surface area contributed by atoms with Gasteiger partial charge in [-0.05, 0) is 24.3 Å². The van der Waals surface area contributed by atoms with Crippen molar-refractivity contribution in [2.45, 2.75) is 6.54 Å². The van der Waals surface area contributed by atoms with Gasteiger partial charge in [0.25, 0.3) is 0 Å². The highest BCUT2D eigenvalue weighted by molar-refractivity contribution is 5.85. The van der Waals surface area contributed by atoms with Crippen LogP contribution in [0.15, 0.2) is 36.7 Å². The summed E-state index contributed by atoms with van der Waals surface area (Å²) in [5.74, 6) is -0.820. The number of nitrogens with one attached hydrogen (secondary N) is 2. The predicted molar refractivity (Wildman–Crippen MR) is 72.4 cm³/mol. The lowest BCUT2D eigenvalue weighted by molar-refractivity contribution is 0.0690. The van der Waals surface area contributed by atoms with Gasteiger partial charge in [0.15, 0.2) is 5.69 Å². The van der Waals surface area contributed by atoms with Crippen LogP contribution in [0.2, 0.25) is 0 Å². The van der Waals surface area contributed by atoms with E-state index >= 15 is 0 Å². The molecule has 0 aliphatic heterocycles. The van der Waals surface area contributed by atoms with E-state index in [0.717, 1.165) is 16.7 Å². The van der Waals surface area contributed by atoms with Gasteiger partial charge in [0, 0.05) is 17.8 Å². The number of nitrogens with zero attached hydrogens (tertiary/aromatic N) is 3. The second kappa shape index (κ2) is 4.96. The first kappa shape index (κ1) is 12.1. The Bertz CT molecular complexity index is 768. The van der Waals surface area contributed by atoms with Crippen LogP contribution >= 0.6 is 0 Å². The third-order valence-corrected chi connectivity index (χ3v) is 2.77. The molecule has 100 valence electrons. The molecule has 0 saturated heterocycles. The Morgan fingerprint density at radius 3 is 3.00 bits per heavy atom. The summed E-state index contributed by atoms with van der Waals surface area (Å²) in [4.78, 5) is 26.1. The van der Waals surface area contributed by atoms with Gasteiger partial charge >= 0.3 is 5.97 Å². The number of rotatable bonds is 4. The first-order valence-corrected chi connectivity index (χ1v) is 5.95. The molecule has 0 amide bonds. The van der Waals surface area contributed by atoms with Crippen molar-refractivity contribution in [2.75, 3.05) is 5.32 Å². The lowest BCUT2D eigenvalue weighted by atomic mass is 10.3. The van der Waals surface area contributed by atoms with Crippen LogP contribution in [0.25, 0.3) is 11.0 Å². The zero-order valence-corrected chi connectivity index (χ0v) is 10.4. The largest absolute Gasteiger partial charge is 0.477 e. The summed E-state index contributed by atoms with van der Waals surface area (Å²) in [5, 5.41) is 12.8. The van der Waals surface area contributed by atoms with Crippen LogP contribution in [0.1, 0.15) is 16.2 Å². The van der Waals surface area contributed by atoms with E-state index in [1.54, 1.807) is 0 Å². The Labute approximate surface area is 113 Å². The van der Waals surface area contributed by atoms with Crippen molar-refractivity contribution >= 4 is 23.0 Å². The van der Waals surface area contributed by atoms with E-state index in [9.17, 15) is 4.79 Å². The number of aromatic nitrogens is 4. The zero-order valence-electron chi connectivity index (χ0n) is 10.4. The highest BCUT2D eigenvalue weighted by Gasteiger charge is 2.06. The molecule has 0 atom stereocenters. The first-order chi connectivity index (χ1) is 9.72. The van der Waals surface area contributed by atoms with E-state index in [0.29, 0.717) is 6.54 Å². The molecule has 0 radical (unpaired) electrons. The van der Waals surface area contributed by atoms with Crippen LogP contribution in [0, 0.1) is 0 Å². The smallest absolute Gasteiger partial charge is 0.354 e. The highest BCUT2D eigenvalue weighted by Crippen LogP contribution is 2.11. The van der Waals surface area contributed by atoms with Crippen LogP contribution in [-0.2, 0) is 6.54 Å². The number of aromatic amines is 1. The zero-order chi connectivity index (χ0) is 13.9. The van der Waals surface area contributed by atoms with Crippen molar-refractivity contribution in [1.82, 2.24) is 19.9 Å². The van der Waals surface area contributed by atoms with E-state index in [-0.39, 0.29) is 11.6 Å². The SMILES string of the molecule is O=C(O)c1ccnc(NCc2ccc3cc[nH]c3n2)n1. The Kier molecular flexibility index (Phi) is 3.00. The number of aromatic carboxylic acids is 1. The fourth-order valence-electron chi connectivity index (χ4n) is 1.80. The summed E-state index contributed by atoms with van der Waals surface area (Å²) >= 11 is 0. The van der Waals surface area contributed by atoms with Gasteiger partial charge in [-0.2, -0.15) is 0 Å². The van der Waals surface area contributed by atoms with Gasteiger partial charge in [-0.25, -0.2) is 19.7 Å². The fraction of sp³-hybridized carbons (Fsp3) is 0.0769. The third kappa shape index (κ3) is 2.41. The molecule has 0 bridgehead atoms. The second-order valence-electron chi connectivity index (χ2n) is 4.14. The van der Waals surface area contributed by atoms with Gasteiger partial charge in [0.1, 0.15) is 5.65 Å². The van der Waals surface area contributed by atoms with Crippen molar-refractivity contribution in [3.63, 3.8) is 0 Å². The normalized spacial score (nSPS) is 10.6. The number of pyridine rings is 1. The summed E-state index contributed by atoms with van der Waals surface area (Å²) in [6.45, 7) is 0.415. The quantitative estimate of drug-likeness (QED) is 0.665. The monoisotopic (exact) mass is 269 g/mol. The number of hydrogen-bond donors (Lipinski definition) is 3. The lowest BCUT2D eigenvalue weighted by Gasteiger charge is -2.04. The minimum atomic E-state index is -1.08. The molecule has 0 aromatic carbocycles. The van der Waals surface area contributed by atoms with Gasteiger partial charge in [0.2, 0.25) is 5.95 Å². The van der Waals surface area contributed by atoms with Crippen molar-refractivity contribution in [3.8, 4) is 0 Å². The average Bonchev–Trinajstić information content (AvgIpc) is 2.93. The molecule has 7 nitrogen and oxygen atoms in total. The minimum absolute atomic E-state index is 0.0460. The number of anilines is 1. The molecule has 3 aromatic rings. The molecule has 0 aliphatic carbocycles. The van der Waals surface area contributed by atoms with E-state index < -0.39 is 5.97 Å². The Morgan fingerprint density at radius 1 is 1.25 bits per heavy atom. The topological polar surface area (TPSA) is 104 Å². The number of hydrogen-bond acceptors (Lipinski definition) is 5.